The molecule has 0 spiro atoms. The van der Waals surface area contributed by atoms with Gasteiger partial charge in [-0.25, -0.2) is 4.79 Å². The van der Waals surface area contributed by atoms with Crippen LogP contribution in [0.4, 0.5) is 5.69 Å². The van der Waals surface area contributed by atoms with E-state index in [9.17, 15) is 9.59 Å². The third-order valence-corrected chi connectivity index (χ3v) is 7.79. The van der Waals surface area contributed by atoms with Crippen molar-refractivity contribution in [3.05, 3.63) is 88.3 Å². The van der Waals surface area contributed by atoms with Crippen LogP contribution in [0.5, 0.6) is 40.2 Å². The smallest absolute Gasteiger partial charge is 0.355 e. The number of ether oxygens (including phenoxy) is 8. The average Bonchev–Trinajstić information content (AvgIpc) is 3.12. The lowest BCUT2D eigenvalue weighted by atomic mass is 9.95. The number of fused-ring (bicyclic) bond motifs is 1. The number of methoxy groups -OCH3 is 7. The Labute approximate surface area is 289 Å². The van der Waals surface area contributed by atoms with E-state index in [1.807, 2.05) is 6.07 Å². The fourth-order valence-corrected chi connectivity index (χ4v) is 5.49. The molecule has 0 atom stereocenters. The Kier molecular flexibility index (Phi) is 11.4. The lowest BCUT2D eigenvalue weighted by Gasteiger charge is -2.21. The van der Waals surface area contributed by atoms with Gasteiger partial charge in [0.25, 0.3) is 5.56 Å². The number of nitrogens with zero attached hydrogens (tertiary/aromatic N) is 1. The normalized spacial score (nSPS) is 10.5. The number of carbonyl (C=O) groups is 1. The lowest BCUT2D eigenvalue weighted by Crippen LogP contribution is -2.27. The maximum Gasteiger partial charge on any atom is 0.355 e. The van der Waals surface area contributed by atoms with Crippen molar-refractivity contribution in [2.24, 2.45) is 0 Å². The van der Waals surface area contributed by atoms with E-state index in [1.54, 1.807) is 74.9 Å². The third kappa shape index (κ3) is 6.81. The summed E-state index contributed by atoms with van der Waals surface area (Å²) in [5, 5.41) is 0.614. The van der Waals surface area contributed by atoms with Crippen molar-refractivity contribution < 1.29 is 42.7 Å². The number of pyridine rings is 1. The fraction of sp³-hybridized carbons (Fsp3) is 0.222. The highest BCUT2D eigenvalue weighted by Gasteiger charge is 2.28. The van der Waals surface area contributed by atoms with E-state index in [-0.39, 0.29) is 30.1 Å². The molecule has 0 aliphatic heterocycles. The molecule has 1 heterocycles. The van der Waals surface area contributed by atoms with Crippen LogP contribution in [0.3, 0.4) is 0 Å². The van der Waals surface area contributed by atoms with Crippen LogP contribution in [0.15, 0.2) is 71.5 Å². The van der Waals surface area contributed by atoms with Gasteiger partial charge in [-0.2, -0.15) is 0 Å². The summed E-state index contributed by atoms with van der Waals surface area (Å²) in [6.07, 6.45) is 0. The minimum Gasteiger partial charge on any atom is -0.493 e. The van der Waals surface area contributed by atoms with Crippen LogP contribution in [0.25, 0.3) is 27.6 Å². The summed E-state index contributed by atoms with van der Waals surface area (Å²) in [6, 6.07) is 18.6. The van der Waals surface area contributed by atoms with Crippen molar-refractivity contribution in [1.29, 1.82) is 0 Å². The molecular formula is C36H37ClN2O10. The summed E-state index contributed by atoms with van der Waals surface area (Å²) in [7, 11) is 10.3. The van der Waals surface area contributed by atoms with Gasteiger partial charge in [-0.15, -0.1) is 12.4 Å². The van der Waals surface area contributed by atoms with Gasteiger partial charge in [0, 0.05) is 22.3 Å². The van der Waals surface area contributed by atoms with Crippen molar-refractivity contribution in [2.75, 3.05) is 55.5 Å². The zero-order valence-corrected chi connectivity index (χ0v) is 28.9. The number of anilines is 1. The number of hydrogen-bond acceptors (Lipinski definition) is 11. The molecule has 258 valence electrons. The molecule has 0 saturated carbocycles. The van der Waals surface area contributed by atoms with Crippen molar-refractivity contribution in [3.8, 4) is 57.1 Å². The maximum atomic E-state index is 14.5. The van der Waals surface area contributed by atoms with E-state index < -0.39 is 11.5 Å². The molecule has 0 fully saturated rings. The molecule has 13 heteroatoms. The summed E-state index contributed by atoms with van der Waals surface area (Å²) < 4.78 is 46.1. The minimum absolute atomic E-state index is 0. The first-order valence-electron chi connectivity index (χ1n) is 14.6. The number of benzene rings is 4. The SMILES string of the molecule is COC(=O)c1c(-c2cc(OC)c(OC)c(OC)c2)c2cc(OC)c(OCc3ccc(OC)c(OC)c3)cc2c(=O)n1-c1ccc(N)cc1.Cl. The Bertz CT molecular complexity index is 2020. The second-order valence-electron chi connectivity index (χ2n) is 10.4. The topological polar surface area (TPSA) is 139 Å². The van der Waals surface area contributed by atoms with Gasteiger partial charge in [0.2, 0.25) is 5.75 Å². The molecule has 1 aromatic heterocycles. The van der Waals surface area contributed by atoms with Crippen LogP contribution in [0.1, 0.15) is 16.1 Å². The zero-order valence-electron chi connectivity index (χ0n) is 28.1. The molecule has 0 aliphatic rings. The minimum atomic E-state index is -0.762. The summed E-state index contributed by atoms with van der Waals surface area (Å²) >= 11 is 0. The van der Waals surface area contributed by atoms with Crippen LogP contribution >= 0.6 is 12.4 Å². The number of nitrogen functional groups attached to an aromatic ring is 1. The van der Waals surface area contributed by atoms with E-state index in [0.29, 0.717) is 68.1 Å². The molecule has 0 aliphatic carbocycles. The van der Waals surface area contributed by atoms with Crippen LogP contribution in [-0.2, 0) is 11.3 Å². The Morgan fingerprint density at radius 2 is 1.22 bits per heavy atom. The number of nitrogens with two attached hydrogens (primary N) is 1. The Hall–Kier alpha value is -5.75. The average molecular weight is 693 g/mol. The predicted octanol–water partition coefficient (Wildman–Crippen LogP) is 6.08. The van der Waals surface area contributed by atoms with Crippen molar-refractivity contribution >= 4 is 34.8 Å². The predicted molar refractivity (Wildman–Crippen MR) is 188 cm³/mol. The monoisotopic (exact) mass is 692 g/mol. The number of rotatable bonds is 12. The number of esters is 1. The van der Waals surface area contributed by atoms with E-state index in [4.69, 9.17) is 43.6 Å². The van der Waals surface area contributed by atoms with E-state index >= 15 is 0 Å². The van der Waals surface area contributed by atoms with Crippen molar-refractivity contribution in [3.63, 3.8) is 0 Å². The van der Waals surface area contributed by atoms with E-state index in [2.05, 4.69) is 0 Å². The quantitative estimate of drug-likeness (QED) is 0.120. The van der Waals surface area contributed by atoms with Crippen LogP contribution in [0, 0.1) is 0 Å². The molecular weight excluding hydrogens is 656 g/mol. The fourth-order valence-electron chi connectivity index (χ4n) is 5.49. The number of carbonyl (C=O) groups excluding carboxylic acids is 1. The van der Waals surface area contributed by atoms with E-state index in [0.717, 1.165) is 5.56 Å². The van der Waals surface area contributed by atoms with Gasteiger partial charge in [-0.05, 0) is 71.8 Å². The Morgan fingerprint density at radius 1 is 0.653 bits per heavy atom. The van der Waals surface area contributed by atoms with Crippen molar-refractivity contribution in [2.45, 2.75) is 6.61 Å². The highest BCUT2D eigenvalue weighted by atomic mass is 35.5. The van der Waals surface area contributed by atoms with Crippen LogP contribution in [0.2, 0.25) is 0 Å². The summed E-state index contributed by atoms with van der Waals surface area (Å²) in [6.45, 7) is 0.119. The molecule has 0 saturated heterocycles. The first-order chi connectivity index (χ1) is 23.2. The van der Waals surface area contributed by atoms with Gasteiger partial charge in [-0.3, -0.25) is 9.36 Å². The maximum absolute atomic E-state index is 14.5. The second kappa shape index (κ2) is 15.4. The lowest BCUT2D eigenvalue weighted by molar-refractivity contribution is 0.0591. The van der Waals surface area contributed by atoms with Crippen molar-refractivity contribution in [1.82, 2.24) is 4.57 Å². The highest BCUT2D eigenvalue weighted by Crippen LogP contribution is 2.45. The first-order valence-corrected chi connectivity index (χ1v) is 14.6. The summed E-state index contributed by atoms with van der Waals surface area (Å²) in [5.74, 6) is 1.99. The standard InChI is InChI=1S/C36H36N2O10.ClH/c1-41-26-13-8-20(14-27(26)42-2)19-48-29-18-25-24(17-28(29)43-3)32(21-15-30(44-4)34(46-6)31(16-21)45-5)33(36(40)47-7)38(35(25)39)23-11-9-22(37)10-12-23;/h8-18H,19,37H2,1-7H3;1H. The molecule has 5 rings (SSSR count). The molecule has 0 radical (unpaired) electrons. The highest BCUT2D eigenvalue weighted by molar-refractivity contribution is 6.08. The van der Waals surface area contributed by atoms with Gasteiger partial charge in [0.1, 0.15) is 12.3 Å². The third-order valence-electron chi connectivity index (χ3n) is 7.79. The van der Waals surface area contributed by atoms with Gasteiger partial charge in [-0.1, -0.05) is 6.07 Å². The second-order valence-corrected chi connectivity index (χ2v) is 10.4. The molecule has 4 aromatic carbocycles. The van der Waals surface area contributed by atoms with E-state index in [1.165, 1.54) is 40.1 Å². The number of hydrogen-bond donors (Lipinski definition) is 1. The van der Waals surface area contributed by atoms with Gasteiger partial charge >= 0.3 is 5.97 Å². The first kappa shape index (κ1) is 36.1. The van der Waals surface area contributed by atoms with Crippen LogP contribution < -0.4 is 44.5 Å². The molecule has 12 nitrogen and oxygen atoms in total. The summed E-state index contributed by atoms with van der Waals surface area (Å²) in [5.41, 5.74) is 7.88. The molecule has 49 heavy (non-hydrogen) atoms. The molecule has 2 N–H and O–H groups in total. The summed E-state index contributed by atoms with van der Waals surface area (Å²) in [4.78, 5) is 28.2. The Balaban J connectivity index is 0.00000541. The van der Waals surface area contributed by atoms with Gasteiger partial charge in [0.15, 0.2) is 34.5 Å². The number of aromatic nitrogens is 1. The van der Waals surface area contributed by atoms with Gasteiger partial charge < -0.3 is 43.6 Å². The Morgan fingerprint density at radius 3 is 1.78 bits per heavy atom. The molecule has 0 unspecified atom stereocenters. The van der Waals surface area contributed by atoms with Crippen LogP contribution in [-0.4, -0.2) is 60.3 Å². The molecule has 0 amide bonds. The van der Waals surface area contributed by atoms with Gasteiger partial charge in [0.05, 0.1) is 55.2 Å². The molecule has 5 aromatic rings. The zero-order chi connectivity index (χ0) is 34.5. The molecule has 0 bridgehead atoms. The largest absolute Gasteiger partial charge is 0.493 e. The number of halogens is 1.